The summed E-state index contributed by atoms with van der Waals surface area (Å²) in [5, 5.41) is 2.72. The van der Waals surface area contributed by atoms with E-state index in [1.165, 1.54) is 0 Å². The van der Waals surface area contributed by atoms with Gasteiger partial charge in [-0.25, -0.2) is 0 Å². The molecule has 18 heavy (non-hydrogen) atoms. The average molecular weight is 248 g/mol. The zero-order valence-electron chi connectivity index (χ0n) is 10.7. The van der Waals surface area contributed by atoms with E-state index in [0.717, 1.165) is 43.9 Å². The van der Waals surface area contributed by atoms with E-state index in [0.29, 0.717) is 0 Å². The Bertz CT molecular complexity index is 413. The Hall–Kier alpha value is -1.62. The number of hydrogen-bond acceptors (Lipinski definition) is 4. The molecule has 1 aromatic rings. The van der Waals surface area contributed by atoms with E-state index >= 15 is 0 Å². The molecule has 1 aliphatic rings. The number of amides is 1. The van der Waals surface area contributed by atoms with E-state index in [2.05, 4.69) is 15.2 Å². The fraction of sp³-hybridized carbons (Fsp3) is 0.538. The van der Waals surface area contributed by atoms with Crippen molar-refractivity contribution in [1.82, 2.24) is 15.2 Å². The van der Waals surface area contributed by atoms with E-state index < -0.39 is 0 Å². The van der Waals surface area contributed by atoms with Crippen LogP contribution in [-0.2, 0) is 11.3 Å². The van der Waals surface area contributed by atoms with Crippen molar-refractivity contribution in [3.8, 4) is 0 Å². The number of nitrogens with zero attached hydrogens (tertiary/aromatic N) is 2. The molecule has 0 bridgehead atoms. The highest BCUT2D eigenvalue weighted by molar-refractivity contribution is 5.78. The normalized spacial score (nSPS) is 17.6. The molecule has 0 aromatic carbocycles. The van der Waals surface area contributed by atoms with Crippen molar-refractivity contribution in [3.63, 3.8) is 0 Å². The summed E-state index contributed by atoms with van der Waals surface area (Å²) in [5.41, 5.74) is 7.48. The van der Waals surface area contributed by atoms with Crippen LogP contribution in [0, 0.1) is 5.92 Å². The van der Waals surface area contributed by atoms with Crippen molar-refractivity contribution in [2.75, 3.05) is 25.9 Å². The van der Waals surface area contributed by atoms with Gasteiger partial charge in [-0.1, -0.05) is 0 Å². The van der Waals surface area contributed by atoms with E-state index in [4.69, 9.17) is 5.73 Å². The van der Waals surface area contributed by atoms with Gasteiger partial charge in [-0.05, 0) is 38.1 Å². The molecule has 2 rings (SSSR count). The van der Waals surface area contributed by atoms with Crippen molar-refractivity contribution in [2.45, 2.75) is 19.4 Å². The maximum atomic E-state index is 11.5. The van der Waals surface area contributed by atoms with Crippen LogP contribution >= 0.6 is 0 Å². The smallest absolute Gasteiger partial charge is 0.222 e. The van der Waals surface area contributed by atoms with E-state index in [1.54, 1.807) is 19.3 Å². The second-order valence-electron chi connectivity index (χ2n) is 4.75. The van der Waals surface area contributed by atoms with Crippen LogP contribution in [0.3, 0.4) is 0 Å². The van der Waals surface area contributed by atoms with Gasteiger partial charge in [0.2, 0.25) is 5.91 Å². The zero-order chi connectivity index (χ0) is 13.0. The van der Waals surface area contributed by atoms with Gasteiger partial charge in [-0.2, -0.15) is 0 Å². The Morgan fingerprint density at radius 3 is 2.89 bits per heavy atom. The molecule has 1 fully saturated rings. The van der Waals surface area contributed by atoms with E-state index in [-0.39, 0.29) is 11.8 Å². The first-order valence-corrected chi connectivity index (χ1v) is 6.33. The number of nitrogen functional groups attached to an aromatic ring is 1. The van der Waals surface area contributed by atoms with Gasteiger partial charge in [0, 0.05) is 31.4 Å². The van der Waals surface area contributed by atoms with Gasteiger partial charge in [-0.15, -0.1) is 0 Å². The Morgan fingerprint density at radius 2 is 2.28 bits per heavy atom. The van der Waals surface area contributed by atoms with Crippen molar-refractivity contribution in [1.29, 1.82) is 0 Å². The molecule has 3 N–H and O–H groups in total. The lowest BCUT2D eigenvalue weighted by atomic mass is 9.96. The number of piperidine rings is 1. The number of aromatic nitrogens is 1. The highest BCUT2D eigenvalue weighted by Gasteiger charge is 2.24. The Kier molecular flexibility index (Phi) is 4.15. The maximum Gasteiger partial charge on any atom is 0.222 e. The molecule has 5 heteroatoms. The van der Waals surface area contributed by atoms with E-state index in [9.17, 15) is 4.79 Å². The minimum absolute atomic E-state index is 0.164. The topological polar surface area (TPSA) is 71.2 Å². The summed E-state index contributed by atoms with van der Waals surface area (Å²) in [6, 6.07) is 3.70. The number of likely N-dealkylation sites (tertiary alicyclic amines) is 1. The second-order valence-corrected chi connectivity index (χ2v) is 4.75. The van der Waals surface area contributed by atoms with Crippen molar-refractivity contribution < 1.29 is 4.79 Å². The molecular formula is C13H20N4O. The lowest BCUT2D eigenvalue weighted by molar-refractivity contribution is -0.125. The van der Waals surface area contributed by atoms with Crippen LogP contribution in [0.1, 0.15) is 18.5 Å². The monoisotopic (exact) mass is 248 g/mol. The molecule has 0 unspecified atom stereocenters. The fourth-order valence-corrected chi connectivity index (χ4v) is 2.37. The highest BCUT2D eigenvalue weighted by Crippen LogP contribution is 2.19. The number of nitrogens with two attached hydrogens (primary N) is 1. The third-order valence-electron chi connectivity index (χ3n) is 3.43. The molecule has 1 saturated heterocycles. The fourth-order valence-electron chi connectivity index (χ4n) is 2.37. The number of anilines is 1. The largest absolute Gasteiger partial charge is 0.399 e. The second kappa shape index (κ2) is 5.82. The summed E-state index contributed by atoms with van der Waals surface area (Å²) in [7, 11) is 1.70. The van der Waals surface area contributed by atoms with Crippen molar-refractivity contribution >= 4 is 11.6 Å². The molecule has 1 aliphatic heterocycles. The van der Waals surface area contributed by atoms with Gasteiger partial charge in [-0.3, -0.25) is 14.7 Å². The molecule has 0 atom stereocenters. The number of pyridine rings is 1. The van der Waals surface area contributed by atoms with Crippen LogP contribution in [0.2, 0.25) is 0 Å². The summed E-state index contributed by atoms with van der Waals surface area (Å²) in [6.07, 6.45) is 3.58. The quantitative estimate of drug-likeness (QED) is 0.822. The number of hydrogen-bond donors (Lipinski definition) is 2. The molecule has 1 amide bonds. The van der Waals surface area contributed by atoms with Crippen molar-refractivity contribution in [2.24, 2.45) is 5.92 Å². The summed E-state index contributed by atoms with van der Waals surface area (Å²) >= 11 is 0. The Labute approximate surface area is 107 Å². The molecule has 2 heterocycles. The van der Waals surface area contributed by atoms with Crippen molar-refractivity contribution in [3.05, 3.63) is 24.0 Å². The Morgan fingerprint density at radius 1 is 1.56 bits per heavy atom. The molecule has 5 nitrogen and oxygen atoms in total. The summed E-state index contributed by atoms with van der Waals surface area (Å²) in [6.45, 7) is 2.69. The van der Waals surface area contributed by atoms with Gasteiger partial charge in [0.25, 0.3) is 0 Å². The average Bonchev–Trinajstić information content (AvgIpc) is 2.39. The molecule has 0 aliphatic carbocycles. The first-order chi connectivity index (χ1) is 8.69. The van der Waals surface area contributed by atoms with Crippen LogP contribution < -0.4 is 11.1 Å². The van der Waals surface area contributed by atoms with Crippen LogP contribution in [-0.4, -0.2) is 35.9 Å². The third kappa shape index (κ3) is 3.20. The molecule has 0 spiro atoms. The number of carbonyl (C=O) groups is 1. The van der Waals surface area contributed by atoms with Gasteiger partial charge in [0.15, 0.2) is 0 Å². The van der Waals surface area contributed by atoms with Crippen LogP contribution in [0.5, 0.6) is 0 Å². The minimum Gasteiger partial charge on any atom is -0.399 e. The molecule has 0 radical (unpaired) electrons. The summed E-state index contributed by atoms with van der Waals surface area (Å²) in [5.74, 6) is 0.330. The number of carbonyl (C=O) groups excluding carboxylic acids is 1. The van der Waals surface area contributed by atoms with Crippen LogP contribution in [0.15, 0.2) is 18.3 Å². The standard InChI is InChI=1S/C13H20N4O/c1-15-13(18)10-3-6-17(7-4-10)9-12-8-11(14)2-5-16-12/h2,5,8,10H,3-4,6-7,9H2,1H3,(H2,14,16)(H,15,18). The molecule has 1 aromatic heterocycles. The summed E-state index contributed by atoms with van der Waals surface area (Å²) in [4.78, 5) is 18.1. The first-order valence-electron chi connectivity index (χ1n) is 6.33. The van der Waals surface area contributed by atoms with Gasteiger partial charge >= 0.3 is 0 Å². The van der Waals surface area contributed by atoms with Gasteiger partial charge in [0.05, 0.1) is 5.69 Å². The Balaban J connectivity index is 1.85. The molecule has 98 valence electrons. The number of nitrogens with one attached hydrogen (secondary N) is 1. The molecular weight excluding hydrogens is 228 g/mol. The van der Waals surface area contributed by atoms with Crippen LogP contribution in [0.4, 0.5) is 5.69 Å². The predicted octanol–water partition coefficient (Wildman–Crippen LogP) is 0.622. The maximum absolute atomic E-state index is 11.5. The zero-order valence-corrected chi connectivity index (χ0v) is 10.7. The third-order valence-corrected chi connectivity index (χ3v) is 3.43. The van der Waals surface area contributed by atoms with E-state index in [1.807, 2.05) is 6.07 Å². The lowest BCUT2D eigenvalue weighted by Crippen LogP contribution is -2.39. The number of rotatable bonds is 3. The van der Waals surface area contributed by atoms with Gasteiger partial charge < -0.3 is 11.1 Å². The highest BCUT2D eigenvalue weighted by atomic mass is 16.1. The first kappa shape index (κ1) is 12.8. The van der Waals surface area contributed by atoms with Crippen LogP contribution in [0.25, 0.3) is 0 Å². The minimum atomic E-state index is 0.164. The summed E-state index contributed by atoms with van der Waals surface area (Å²) < 4.78 is 0. The SMILES string of the molecule is CNC(=O)C1CCN(Cc2cc(N)ccn2)CC1. The van der Waals surface area contributed by atoms with Gasteiger partial charge in [0.1, 0.15) is 0 Å². The lowest BCUT2D eigenvalue weighted by Gasteiger charge is -2.30. The molecule has 0 saturated carbocycles. The predicted molar refractivity (Wildman–Crippen MR) is 70.7 cm³/mol.